The van der Waals surface area contributed by atoms with E-state index in [2.05, 4.69) is 20.3 Å². The largest absolute Gasteiger partial charge is 0.352 e. The zero-order valence-electron chi connectivity index (χ0n) is 17.8. The van der Waals surface area contributed by atoms with Gasteiger partial charge in [-0.3, -0.25) is 19.3 Å². The number of sulfonamides is 1. The maximum atomic E-state index is 13.4. The van der Waals surface area contributed by atoms with Crippen LogP contribution in [0.5, 0.6) is 0 Å². The van der Waals surface area contributed by atoms with E-state index < -0.39 is 15.8 Å². The standard InChI is InChI=1S/C23H23FN4O4S/c1-16-14-20(6-7-21(16)24)33(31,32)28-19-4-2-18(3-5-19)23(30)26-13-10-22(29)27-15-17-8-11-25-12-9-17/h2-9,11-12,14,28H,10,13,15H2,1H3,(H,26,30)(H,27,29). The predicted molar refractivity (Wildman–Crippen MR) is 121 cm³/mol. The van der Waals surface area contributed by atoms with Gasteiger partial charge in [-0.25, -0.2) is 12.8 Å². The summed E-state index contributed by atoms with van der Waals surface area (Å²) in [5, 5.41) is 5.41. The number of nitrogens with one attached hydrogen (secondary N) is 3. The molecule has 1 aromatic heterocycles. The maximum absolute atomic E-state index is 13.4. The Bertz CT molecular complexity index is 1230. The Labute approximate surface area is 191 Å². The second kappa shape index (κ2) is 10.7. The number of amides is 2. The zero-order valence-corrected chi connectivity index (χ0v) is 18.7. The summed E-state index contributed by atoms with van der Waals surface area (Å²) in [6, 6.07) is 12.9. The van der Waals surface area contributed by atoms with Crippen molar-refractivity contribution in [1.82, 2.24) is 15.6 Å². The number of aromatic nitrogens is 1. The van der Waals surface area contributed by atoms with Crippen molar-refractivity contribution >= 4 is 27.5 Å². The zero-order chi connectivity index (χ0) is 23.8. The van der Waals surface area contributed by atoms with Crippen molar-refractivity contribution in [3.63, 3.8) is 0 Å². The van der Waals surface area contributed by atoms with Crippen LogP contribution in [-0.4, -0.2) is 31.8 Å². The molecule has 0 aliphatic carbocycles. The number of anilines is 1. The lowest BCUT2D eigenvalue weighted by atomic mass is 10.2. The van der Waals surface area contributed by atoms with E-state index >= 15 is 0 Å². The monoisotopic (exact) mass is 470 g/mol. The number of hydrogen-bond acceptors (Lipinski definition) is 5. The Hall–Kier alpha value is -3.79. The van der Waals surface area contributed by atoms with Crippen LogP contribution in [0.15, 0.2) is 71.9 Å². The van der Waals surface area contributed by atoms with Crippen molar-refractivity contribution in [1.29, 1.82) is 0 Å². The van der Waals surface area contributed by atoms with Gasteiger partial charge in [0.1, 0.15) is 5.82 Å². The molecule has 3 rings (SSSR count). The van der Waals surface area contributed by atoms with Gasteiger partial charge in [0, 0.05) is 43.2 Å². The molecule has 10 heteroatoms. The number of hydrogen-bond donors (Lipinski definition) is 3. The fourth-order valence-corrected chi connectivity index (χ4v) is 4.01. The fraction of sp³-hybridized carbons (Fsp3) is 0.174. The van der Waals surface area contributed by atoms with Crippen molar-refractivity contribution in [2.45, 2.75) is 24.8 Å². The summed E-state index contributed by atoms with van der Waals surface area (Å²) in [4.78, 5) is 28.0. The highest BCUT2D eigenvalue weighted by Crippen LogP contribution is 2.19. The Morgan fingerprint density at radius 3 is 2.33 bits per heavy atom. The number of aryl methyl sites for hydroxylation is 1. The molecule has 0 bridgehead atoms. The quantitative estimate of drug-likeness (QED) is 0.445. The van der Waals surface area contributed by atoms with Crippen LogP contribution in [0, 0.1) is 12.7 Å². The molecular weight excluding hydrogens is 447 g/mol. The predicted octanol–water partition coefficient (Wildman–Crippen LogP) is 2.77. The van der Waals surface area contributed by atoms with Gasteiger partial charge in [0.05, 0.1) is 4.90 Å². The molecule has 0 radical (unpaired) electrons. The Morgan fingerprint density at radius 1 is 0.970 bits per heavy atom. The molecule has 2 aromatic carbocycles. The van der Waals surface area contributed by atoms with Crippen LogP contribution in [0.1, 0.15) is 27.9 Å². The average molecular weight is 471 g/mol. The van der Waals surface area contributed by atoms with E-state index in [9.17, 15) is 22.4 Å². The van der Waals surface area contributed by atoms with Crippen LogP contribution in [0.4, 0.5) is 10.1 Å². The maximum Gasteiger partial charge on any atom is 0.261 e. The first kappa shape index (κ1) is 23.9. The van der Waals surface area contributed by atoms with Crippen molar-refractivity contribution in [3.05, 3.63) is 89.5 Å². The number of benzene rings is 2. The van der Waals surface area contributed by atoms with Crippen LogP contribution in [-0.2, 0) is 21.4 Å². The van der Waals surface area contributed by atoms with Gasteiger partial charge in [-0.1, -0.05) is 0 Å². The van der Waals surface area contributed by atoms with E-state index in [1.54, 1.807) is 24.5 Å². The third kappa shape index (κ3) is 6.84. The summed E-state index contributed by atoms with van der Waals surface area (Å²) < 4.78 is 40.8. The van der Waals surface area contributed by atoms with E-state index in [1.807, 2.05) is 0 Å². The van der Waals surface area contributed by atoms with Gasteiger partial charge in [0.15, 0.2) is 0 Å². The molecule has 0 saturated heterocycles. The molecule has 0 fully saturated rings. The van der Waals surface area contributed by atoms with E-state index in [0.717, 1.165) is 11.6 Å². The number of rotatable bonds is 9. The van der Waals surface area contributed by atoms with Crippen molar-refractivity contribution in [2.75, 3.05) is 11.3 Å². The lowest BCUT2D eigenvalue weighted by Gasteiger charge is -2.10. The van der Waals surface area contributed by atoms with E-state index in [4.69, 9.17) is 0 Å². The molecular formula is C23H23FN4O4S. The summed E-state index contributed by atoms with van der Waals surface area (Å²) in [6.07, 6.45) is 3.40. The smallest absolute Gasteiger partial charge is 0.261 e. The summed E-state index contributed by atoms with van der Waals surface area (Å²) in [5.41, 5.74) is 1.71. The van der Waals surface area contributed by atoms with Gasteiger partial charge >= 0.3 is 0 Å². The molecule has 172 valence electrons. The number of carbonyl (C=O) groups excluding carboxylic acids is 2. The molecule has 0 aliphatic rings. The van der Waals surface area contributed by atoms with Crippen LogP contribution in [0.2, 0.25) is 0 Å². The second-order valence-electron chi connectivity index (χ2n) is 7.23. The molecule has 3 aromatic rings. The van der Waals surface area contributed by atoms with Gasteiger partial charge in [-0.2, -0.15) is 0 Å². The summed E-state index contributed by atoms with van der Waals surface area (Å²) in [7, 11) is -3.90. The second-order valence-corrected chi connectivity index (χ2v) is 8.91. The molecule has 0 atom stereocenters. The molecule has 8 nitrogen and oxygen atoms in total. The minimum atomic E-state index is -3.90. The third-order valence-corrected chi connectivity index (χ3v) is 6.09. The fourth-order valence-electron chi connectivity index (χ4n) is 2.87. The molecule has 0 saturated carbocycles. The lowest BCUT2D eigenvalue weighted by molar-refractivity contribution is -0.121. The first-order valence-electron chi connectivity index (χ1n) is 10.1. The highest BCUT2D eigenvalue weighted by Gasteiger charge is 2.16. The first-order chi connectivity index (χ1) is 15.7. The number of halogens is 1. The van der Waals surface area contributed by atoms with Crippen molar-refractivity contribution < 1.29 is 22.4 Å². The molecule has 3 N–H and O–H groups in total. The van der Waals surface area contributed by atoms with E-state index in [0.29, 0.717) is 12.1 Å². The normalized spacial score (nSPS) is 11.0. The van der Waals surface area contributed by atoms with Crippen molar-refractivity contribution in [2.24, 2.45) is 0 Å². The molecule has 0 aliphatic heterocycles. The number of pyridine rings is 1. The van der Waals surface area contributed by atoms with Crippen LogP contribution >= 0.6 is 0 Å². The summed E-state index contributed by atoms with van der Waals surface area (Å²) in [5.74, 6) is -1.08. The van der Waals surface area contributed by atoms with E-state index in [-0.39, 0.29) is 40.9 Å². The van der Waals surface area contributed by atoms with Crippen molar-refractivity contribution in [3.8, 4) is 0 Å². The lowest BCUT2D eigenvalue weighted by Crippen LogP contribution is -2.30. The van der Waals surface area contributed by atoms with Crippen LogP contribution in [0.3, 0.4) is 0 Å². The van der Waals surface area contributed by atoms with Gasteiger partial charge < -0.3 is 10.6 Å². The summed E-state index contributed by atoms with van der Waals surface area (Å²) in [6.45, 7) is 2.01. The van der Waals surface area contributed by atoms with Gasteiger partial charge in [-0.15, -0.1) is 0 Å². The number of nitrogens with zero attached hydrogens (tertiary/aromatic N) is 1. The Kier molecular flexibility index (Phi) is 7.73. The molecule has 0 spiro atoms. The van der Waals surface area contributed by atoms with Crippen LogP contribution in [0.25, 0.3) is 0 Å². The molecule has 33 heavy (non-hydrogen) atoms. The highest BCUT2D eigenvalue weighted by molar-refractivity contribution is 7.92. The summed E-state index contributed by atoms with van der Waals surface area (Å²) >= 11 is 0. The highest BCUT2D eigenvalue weighted by atomic mass is 32.2. The van der Waals surface area contributed by atoms with Gasteiger partial charge in [0.25, 0.3) is 15.9 Å². The SMILES string of the molecule is Cc1cc(S(=O)(=O)Nc2ccc(C(=O)NCCC(=O)NCc3ccncc3)cc2)ccc1F. The third-order valence-electron chi connectivity index (χ3n) is 4.72. The minimum absolute atomic E-state index is 0.0644. The Morgan fingerprint density at radius 2 is 1.67 bits per heavy atom. The molecule has 2 amide bonds. The minimum Gasteiger partial charge on any atom is -0.352 e. The number of carbonyl (C=O) groups is 2. The molecule has 0 unspecified atom stereocenters. The van der Waals surface area contributed by atoms with Gasteiger partial charge in [0.2, 0.25) is 5.91 Å². The van der Waals surface area contributed by atoms with E-state index in [1.165, 1.54) is 43.3 Å². The average Bonchev–Trinajstić information content (AvgIpc) is 2.80. The topological polar surface area (TPSA) is 117 Å². The molecule has 1 heterocycles. The van der Waals surface area contributed by atoms with Crippen LogP contribution < -0.4 is 15.4 Å². The Balaban J connectivity index is 1.48. The van der Waals surface area contributed by atoms with Gasteiger partial charge in [-0.05, 0) is 72.6 Å². The first-order valence-corrected chi connectivity index (χ1v) is 11.6.